The Labute approximate surface area is 142 Å². The van der Waals surface area contributed by atoms with Gasteiger partial charge in [-0.2, -0.15) is 0 Å². The molecule has 0 saturated carbocycles. The Morgan fingerprint density at radius 3 is 2.54 bits per heavy atom. The number of carbonyl (C=O) groups excluding carboxylic acids is 1. The zero-order valence-corrected chi connectivity index (χ0v) is 15.0. The van der Waals surface area contributed by atoms with Crippen molar-refractivity contribution in [3.63, 3.8) is 0 Å². The number of anilines is 2. The molecule has 0 fully saturated rings. The van der Waals surface area contributed by atoms with E-state index in [2.05, 4.69) is 10.3 Å². The van der Waals surface area contributed by atoms with Crippen molar-refractivity contribution in [2.75, 3.05) is 23.7 Å². The van der Waals surface area contributed by atoms with E-state index in [9.17, 15) is 14.4 Å². The second kappa shape index (κ2) is 9.14. The van der Waals surface area contributed by atoms with Crippen LogP contribution < -0.4 is 27.2 Å². The molecule has 1 aromatic rings. The number of aromatic amines is 1. The van der Waals surface area contributed by atoms with E-state index in [-0.39, 0.29) is 11.5 Å². The zero-order valence-electron chi connectivity index (χ0n) is 15.0. The predicted molar refractivity (Wildman–Crippen MR) is 96.5 cm³/mol. The van der Waals surface area contributed by atoms with Gasteiger partial charge in [0.2, 0.25) is 0 Å². The van der Waals surface area contributed by atoms with E-state index in [0.29, 0.717) is 32.0 Å². The smallest absolute Gasteiger partial charge is 0.330 e. The quantitative estimate of drug-likeness (QED) is 0.666. The van der Waals surface area contributed by atoms with Gasteiger partial charge in [0.05, 0.1) is 0 Å². The predicted octanol–water partition coefficient (Wildman–Crippen LogP) is 1.50. The van der Waals surface area contributed by atoms with Gasteiger partial charge in [-0.1, -0.05) is 27.2 Å². The number of nitrogens with two attached hydrogens (primary N) is 1. The third kappa shape index (κ3) is 4.87. The van der Waals surface area contributed by atoms with Crippen molar-refractivity contribution in [2.24, 2.45) is 5.92 Å². The van der Waals surface area contributed by atoms with E-state index in [1.54, 1.807) is 6.92 Å². The van der Waals surface area contributed by atoms with Crippen LogP contribution in [0, 0.1) is 5.92 Å². The molecule has 0 spiro atoms. The second-order valence-corrected chi connectivity index (χ2v) is 6.17. The highest BCUT2D eigenvalue weighted by Crippen LogP contribution is 2.18. The summed E-state index contributed by atoms with van der Waals surface area (Å²) in [7, 11) is 0. The Morgan fingerprint density at radius 2 is 2.00 bits per heavy atom. The number of rotatable bonds is 8. The number of unbranched alkanes of at least 4 members (excludes halogenated alkanes) is 1. The highest BCUT2D eigenvalue weighted by Gasteiger charge is 2.23. The molecule has 0 saturated heterocycles. The summed E-state index contributed by atoms with van der Waals surface area (Å²) in [6.07, 6.45) is 2.35. The number of nitrogens with one attached hydrogen (secondary N) is 2. The molecular formula is C16H29N5O3. The molecule has 1 rings (SSSR count). The van der Waals surface area contributed by atoms with Crippen LogP contribution in [0.25, 0.3) is 0 Å². The molecule has 0 atom stereocenters. The summed E-state index contributed by atoms with van der Waals surface area (Å²) in [5, 5.41) is 2.69. The number of H-pyrrole nitrogens is 1. The number of urea groups is 1. The van der Waals surface area contributed by atoms with Gasteiger partial charge in [0.1, 0.15) is 5.82 Å². The lowest BCUT2D eigenvalue weighted by Crippen LogP contribution is -2.46. The fourth-order valence-electron chi connectivity index (χ4n) is 2.33. The molecule has 8 nitrogen and oxygen atoms in total. The standard InChI is InChI=1S/C16H29N5O3/c1-5-7-9-21-13(17)12(14(22)19-16(21)24)20(10-8-11(3)4)15(23)18-6-2/h11H,5-10,17H2,1-4H3,(H,18,23)(H,19,22,24). The summed E-state index contributed by atoms with van der Waals surface area (Å²) in [6.45, 7) is 9.05. The molecule has 4 N–H and O–H groups in total. The van der Waals surface area contributed by atoms with Gasteiger partial charge in [-0.3, -0.25) is 19.2 Å². The first-order chi connectivity index (χ1) is 11.3. The number of hydrogen-bond donors (Lipinski definition) is 3. The molecule has 1 heterocycles. The average molecular weight is 339 g/mol. The fourth-order valence-corrected chi connectivity index (χ4v) is 2.33. The van der Waals surface area contributed by atoms with Gasteiger partial charge < -0.3 is 11.1 Å². The third-order valence-electron chi connectivity index (χ3n) is 3.72. The van der Waals surface area contributed by atoms with Gasteiger partial charge >= 0.3 is 11.7 Å². The molecule has 0 aromatic carbocycles. The molecule has 24 heavy (non-hydrogen) atoms. The molecular weight excluding hydrogens is 310 g/mol. The molecule has 2 amide bonds. The van der Waals surface area contributed by atoms with Crippen LogP contribution in [-0.2, 0) is 6.54 Å². The lowest BCUT2D eigenvalue weighted by atomic mass is 10.1. The summed E-state index contributed by atoms with van der Waals surface area (Å²) < 4.78 is 1.32. The summed E-state index contributed by atoms with van der Waals surface area (Å²) in [5.41, 5.74) is 4.94. The van der Waals surface area contributed by atoms with Gasteiger partial charge in [-0.25, -0.2) is 9.59 Å². The molecule has 1 aromatic heterocycles. The monoisotopic (exact) mass is 339 g/mol. The van der Waals surface area contributed by atoms with E-state index in [4.69, 9.17) is 5.73 Å². The number of nitrogens with zero attached hydrogens (tertiary/aromatic N) is 2. The molecule has 0 aliphatic rings. The second-order valence-electron chi connectivity index (χ2n) is 6.17. The Kier molecular flexibility index (Phi) is 7.54. The molecule has 8 heteroatoms. The lowest BCUT2D eigenvalue weighted by molar-refractivity contribution is 0.246. The lowest BCUT2D eigenvalue weighted by Gasteiger charge is -2.25. The van der Waals surface area contributed by atoms with E-state index in [0.717, 1.165) is 12.8 Å². The van der Waals surface area contributed by atoms with E-state index in [1.807, 2.05) is 20.8 Å². The fraction of sp³-hybridized carbons (Fsp3) is 0.688. The molecule has 0 aliphatic heterocycles. The van der Waals surface area contributed by atoms with Gasteiger partial charge in [0.15, 0.2) is 5.69 Å². The number of nitrogen functional groups attached to an aromatic ring is 1. The van der Waals surface area contributed by atoms with Gasteiger partial charge in [0.25, 0.3) is 5.56 Å². The molecule has 136 valence electrons. The minimum atomic E-state index is -0.639. The van der Waals surface area contributed by atoms with Crippen LogP contribution in [0.1, 0.15) is 47.0 Å². The number of aromatic nitrogens is 2. The van der Waals surface area contributed by atoms with Crippen LogP contribution in [0.2, 0.25) is 0 Å². The van der Waals surface area contributed by atoms with Crippen LogP contribution in [0.4, 0.5) is 16.3 Å². The summed E-state index contributed by atoms with van der Waals surface area (Å²) in [4.78, 5) is 40.3. The average Bonchev–Trinajstić information content (AvgIpc) is 2.50. The highest BCUT2D eigenvalue weighted by molar-refractivity contribution is 5.94. The third-order valence-corrected chi connectivity index (χ3v) is 3.72. The van der Waals surface area contributed by atoms with Crippen molar-refractivity contribution in [1.82, 2.24) is 14.9 Å². The maximum absolute atomic E-state index is 12.4. The van der Waals surface area contributed by atoms with Crippen LogP contribution in [-0.4, -0.2) is 28.7 Å². The van der Waals surface area contributed by atoms with Gasteiger partial charge in [0, 0.05) is 19.6 Å². The first kappa shape index (κ1) is 19.8. The van der Waals surface area contributed by atoms with E-state index < -0.39 is 17.3 Å². The van der Waals surface area contributed by atoms with Gasteiger partial charge in [-0.15, -0.1) is 0 Å². The van der Waals surface area contributed by atoms with Crippen molar-refractivity contribution >= 4 is 17.5 Å². The molecule has 0 bridgehead atoms. The Balaban J connectivity index is 3.37. The van der Waals surface area contributed by atoms with Gasteiger partial charge in [-0.05, 0) is 25.7 Å². The van der Waals surface area contributed by atoms with Crippen molar-refractivity contribution in [2.45, 2.75) is 53.5 Å². The van der Waals surface area contributed by atoms with Crippen molar-refractivity contribution < 1.29 is 4.79 Å². The number of carbonyl (C=O) groups is 1. The minimum Gasteiger partial charge on any atom is -0.383 e. The number of hydrogen-bond acceptors (Lipinski definition) is 4. The first-order valence-corrected chi connectivity index (χ1v) is 8.51. The first-order valence-electron chi connectivity index (χ1n) is 8.51. The Hall–Kier alpha value is -2.25. The highest BCUT2D eigenvalue weighted by atomic mass is 16.2. The zero-order chi connectivity index (χ0) is 18.3. The summed E-state index contributed by atoms with van der Waals surface area (Å²) in [5.74, 6) is 0.389. The van der Waals surface area contributed by atoms with Crippen molar-refractivity contribution in [3.05, 3.63) is 20.8 Å². The molecule has 0 unspecified atom stereocenters. The van der Waals surface area contributed by atoms with Crippen LogP contribution in [0.3, 0.4) is 0 Å². The summed E-state index contributed by atoms with van der Waals surface area (Å²) in [6, 6.07) is -0.393. The maximum atomic E-state index is 12.4. The normalized spacial score (nSPS) is 10.9. The molecule has 0 radical (unpaired) electrons. The number of amides is 2. The largest absolute Gasteiger partial charge is 0.383 e. The molecule has 0 aliphatic carbocycles. The topological polar surface area (TPSA) is 113 Å². The summed E-state index contributed by atoms with van der Waals surface area (Å²) >= 11 is 0. The van der Waals surface area contributed by atoms with E-state index >= 15 is 0 Å². The SMILES string of the molecule is CCCCn1c(N)c(N(CCC(C)C)C(=O)NCC)c(=O)[nH]c1=O. The van der Waals surface area contributed by atoms with E-state index in [1.165, 1.54) is 9.47 Å². The van der Waals surface area contributed by atoms with Crippen LogP contribution in [0.5, 0.6) is 0 Å². The minimum absolute atomic E-state index is 0.0345. The maximum Gasteiger partial charge on any atom is 0.330 e. The Morgan fingerprint density at radius 1 is 1.33 bits per heavy atom. The van der Waals surface area contributed by atoms with Crippen LogP contribution >= 0.6 is 0 Å². The van der Waals surface area contributed by atoms with Crippen LogP contribution in [0.15, 0.2) is 9.59 Å². The Bertz CT molecular complexity index is 663. The van der Waals surface area contributed by atoms with Crippen molar-refractivity contribution in [3.8, 4) is 0 Å². The van der Waals surface area contributed by atoms with Crippen molar-refractivity contribution in [1.29, 1.82) is 0 Å².